The van der Waals surface area contributed by atoms with Crippen LogP contribution in [0.2, 0.25) is 0 Å². The fourth-order valence-electron chi connectivity index (χ4n) is 10.8. The second-order valence-electron chi connectivity index (χ2n) is 22.4. The zero-order chi connectivity index (χ0) is 60.1. The maximum absolute atomic E-state index is 2.26. The molecule has 0 radical (unpaired) electrons. The van der Waals surface area contributed by atoms with Gasteiger partial charge in [0.15, 0.2) is 0 Å². The Morgan fingerprint density at radius 3 is 0.247 bits per heavy atom. The van der Waals surface area contributed by atoms with Crippen LogP contribution in [0.5, 0.6) is 0 Å². The van der Waals surface area contributed by atoms with Gasteiger partial charge in [-0.25, -0.2) is 0 Å². The van der Waals surface area contributed by atoms with Crippen molar-refractivity contribution in [1.29, 1.82) is 0 Å². The third-order valence-electron chi connectivity index (χ3n) is 15.0. The van der Waals surface area contributed by atoms with E-state index in [0.717, 1.165) is 0 Å². The quantitative estimate of drug-likeness (QED) is 0.0418. The van der Waals surface area contributed by atoms with E-state index in [4.69, 9.17) is 0 Å². The molecule has 0 unspecified atom stereocenters. The molecular weight excluding hydrogens is 1240 g/mol. The Kier molecular flexibility index (Phi) is 31.0. The van der Waals surface area contributed by atoms with Gasteiger partial charge in [-0.1, -0.05) is 396 Å². The van der Waals surface area contributed by atoms with Crippen molar-refractivity contribution in [1.82, 2.24) is 0 Å². The average molecular weight is 1320 g/mol. The largest absolute Gasteiger partial charge is 2.00 e. The molecule has 5 heteroatoms. The van der Waals surface area contributed by atoms with Crippen LogP contribution in [0, 0.1) is 0 Å². The molecule has 0 aromatic heterocycles. The van der Waals surface area contributed by atoms with Crippen molar-refractivity contribution in [2.45, 2.75) is 73.9 Å². The van der Waals surface area contributed by atoms with Crippen LogP contribution in [0.4, 0.5) is 0 Å². The molecule has 12 rings (SSSR count). The first-order chi connectivity index (χ1) is 43.6. The summed E-state index contributed by atoms with van der Waals surface area (Å²) >= 11 is 0. The molecule has 448 valence electrons. The molecule has 0 atom stereocenters. The fourth-order valence-corrected chi connectivity index (χ4v) is 20.8. The van der Waals surface area contributed by atoms with Crippen LogP contribution in [-0.4, -0.2) is 0 Å². The maximum Gasteiger partial charge on any atom is 2.00 e. The summed E-state index contributed by atoms with van der Waals surface area (Å²) < 4.78 is 0. The van der Waals surface area contributed by atoms with Crippen LogP contribution in [0.25, 0.3) is 0 Å². The van der Waals surface area contributed by atoms with Gasteiger partial charge in [0.05, 0.1) is 0 Å². The molecule has 89 heavy (non-hydrogen) atoms. The van der Waals surface area contributed by atoms with Crippen molar-refractivity contribution in [3.05, 3.63) is 431 Å². The van der Waals surface area contributed by atoms with Crippen molar-refractivity contribution in [2.24, 2.45) is 0 Å². The van der Waals surface area contributed by atoms with E-state index < -0.39 is 0 Å². The Morgan fingerprint density at radius 1 is 0.112 bits per heavy atom. The Morgan fingerprint density at radius 2 is 0.180 bits per heavy atom. The van der Waals surface area contributed by atoms with Gasteiger partial charge in [-0.05, 0) is 141 Å². The van der Waals surface area contributed by atoms with Gasteiger partial charge in [0.2, 0.25) is 0 Å². The summed E-state index contributed by atoms with van der Waals surface area (Å²) in [5.41, 5.74) is 17.5. The molecule has 0 aliphatic rings. The maximum atomic E-state index is 2.26. The minimum absolute atomic E-state index is 0. The summed E-state index contributed by atoms with van der Waals surface area (Å²) in [4.78, 5) is 0. The molecule has 0 saturated heterocycles. The third kappa shape index (κ3) is 26.9. The van der Waals surface area contributed by atoms with Gasteiger partial charge in [0, 0.05) is 0 Å². The average Bonchev–Trinajstić information content (AvgIpc) is 3.73. The number of hydrogen-bond acceptors (Lipinski definition) is 0. The first-order valence-corrected chi connectivity index (χ1v) is 38.6. The van der Waals surface area contributed by atoms with Gasteiger partial charge < -0.3 is 0 Å². The van der Waals surface area contributed by atoms with Crippen molar-refractivity contribution < 1.29 is 20.4 Å². The molecule has 0 fully saturated rings. The molecule has 12 aromatic carbocycles. The molecular formula is C84H84P4Pd+2. The Hall–Kier alpha value is -6.98. The normalized spacial score (nSPS) is 10.7. The number of benzene rings is 12. The van der Waals surface area contributed by atoms with E-state index in [1.807, 2.05) is 0 Å². The zero-order valence-corrected chi connectivity index (χ0v) is 56.4. The number of rotatable bonds is 24. The van der Waals surface area contributed by atoms with E-state index in [1.54, 1.807) is 0 Å². The van der Waals surface area contributed by atoms with E-state index in [9.17, 15) is 0 Å². The zero-order valence-electron chi connectivity index (χ0n) is 51.2. The second-order valence-corrected chi connectivity index (χ2v) is 31.6. The summed E-state index contributed by atoms with van der Waals surface area (Å²) in [5.74, 6) is 0. The fraction of sp³-hybridized carbons (Fsp3) is 0.143. The first-order valence-electron chi connectivity index (χ1n) is 31.0. The van der Waals surface area contributed by atoms with E-state index in [1.165, 1.54) is 141 Å². The van der Waals surface area contributed by atoms with Crippen LogP contribution < -0.4 is 0 Å². The topological polar surface area (TPSA) is 0 Å². The monoisotopic (exact) mass is 1320 g/mol. The molecule has 0 N–H and O–H groups in total. The van der Waals surface area contributed by atoms with Gasteiger partial charge >= 0.3 is 20.4 Å². The minimum Gasteiger partial charge on any atom is -0.0932 e. The standard InChI is InChI=1S/4C21H21P.Pd/c4*1-4-10-19(11-5-1)16-22(17-20-12-6-2-7-13-20)18-21-14-8-3-9-15-21;/h4*1-15H,16-18H2;/q;;;;+2. The molecule has 0 saturated carbocycles. The Balaban J connectivity index is 0.000000153. The van der Waals surface area contributed by atoms with Crippen molar-refractivity contribution in [3.8, 4) is 0 Å². The summed E-state index contributed by atoms with van der Waals surface area (Å²) in [5, 5.41) is 0. The first kappa shape index (κ1) is 67.9. The summed E-state index contributed by atoms with van der Waals surface area (Å²) in [6.45, 7) is 0. The van der Waals surface area contributed by atoms with Crippen molar-refractivity contribution in [3.63, 3.8) is 0 Å². The van der Waals surface area contributed by atoms with Crippen LogP contribution in [0.15, 0.2) is 364 Å². The SMILES string of the molecule is [Pd+2].c1ccc(CP(Cc2ccccc2)Cc2ccccc2)cc1.c1ccc(CP(Cc2ccccc2)Cc2ccccc2)cc1.c1ccc(CP(Cc2ccccc2)Cc2ccccc2)cc1.c1ccc(CP(Cc2ccccc2)Cc2ccccc2)cc1. The van der Waals surface area contributed by atoms with Crippen molar-refractivity contribution >= 4 is 31.7 Å². The number of hydrogen-bond donors (Lipinski definition) is 0. The molecule has 0 aliphatic carbocycles. The smallest absolute Gasteiger partial charge is 0.0932 e. The van der Waals surface area contributed by atoms with Crippen LogP contribution in [0.3, 0.4) is 0 Å². The predicted octanol–water partition coefficient (Wildman–Crippen LogP) is 24.3. The van der Waals surface area contributed by atoms with E-state index in [-0.39, 0.29) is 52.1 Å². The van der Waals surface area contributed by atoms with E-state index in [0.29, 0.717) is 0 Å². The minimum atomic E-state index is -0.0895. The molecule has 0 spiro atoms. The van der Waals surface area contributed by atoms with Crippen LogP contribution in [-0.2, 0) is 94.4 Å². The molecule has 0 amide bonds. The molecule has 0 nitrogen and oxygen atoms in total. The second kappa shape index (κ2) is 40.6. The third-order valence-corrected chi connectivity index (χ3v) is 24.7. The van der Waals surface area contributed by atoms with Gasteiger partial charge in [0.25, 0.3) is 0 Å². The van der Waals surface area contributed by atoms with E-state index >= 15 is 0 Å². The van der Waals surface area contributed by atoms with Gasteiger partial charge in [-0.15, -0.1) is 0 Å². The predicted molar refractivity (Wildman–Crippen MR) is 389 cm³/mol. The molecule has 0 aliphatic heterocycles. The summed E-state index contributed by atoms with van der Waals surface area (Å²) in [6, 6.07) is 131. The Labute approximate surface area is 552 Å². The molecule has 12 aromatic rings. The summed E-state index contributed by atoms with van der Waals surface area (Å²) in [6.07, 6.45) is 14.3. The van der Waals surface area contributed by atoms with Crippen molar-refractivity contribution in [2.75, 3.05) is 0 Å². The van der Waals surface area contributed by atoms with Crippen LogP contribution >= 0.6 is 31.7 Å². The van der Waals surface area contributed by atoms with Gasteiger partial charge in [-0.3, -0.25) is 0 Å². The Bertz CT molecular complexity index is 2760. The molecule has 0 heterocycles. The van der Waals surface area contributed by atoms with Gasteiger partial charge in [0.1, 0.15) is 0 Å². The van der Waals surface area contributed by atoms with Gasteiger partial charge in [-0.2, -0.15) is 0 Å². The summed E-state index contributed by atoms with van der Waals surface area (Å²) in [7, 11) is -0.358. The van der Waals surface area contributed by atoms with E-state index in [2.05, 4.69) is 364 Å². The van der Waals surface area contributed by atoms with Crippen LogP contribution in [0.1, 0.15) is 66.8 Å². The molecule has 0 bridgehead atoms.